The molecule has 0 aliphatic rings. The van der Waals surface area contributed by atoms with Crippen molar-refractivity contribution in [2.75, 3.05) is 5.32 Å². The molecule has 3 heteroatoms. The van der Waals surface area contributed by atoms with Crippen LogP contribution in [-0.4, -0.2) is 10.9 Å². The molecule has 3 aromatic rings. The molecule has 1 N–H and O–H groups in total. The molecule has 1 aromatic heterocycles. The summed E-state index contributed by atoms with van der Waals surface area (Å²) in [6.07, 6.45) is 5.14. The fraction of sp³-hybridized carbons (Fsp3) is 0.182. The van der Waals surface area contributed by atoms with E-state index in [1.54, 1.807) is 12.3 Å². The van der Waals surface area contributed by atoms with Crippen molar-refractivity contribution >= 4 is 28.6 Å². The molecule has 0 spiro atoms. The number of hydrogen-bond acceptors (Lipinski definition) is 2. The molecule has 126 valence electrons. The van der Waals surface area contributed by atoms with Gasteiger partial charge in [0.15, 0.2) is 0 Å². The molecule has 0 saturated carbocycles. The monoisotopic (exact) mass is 330 g/mol. The number of hydrogen-bond donors (Lipinski definition) is 1. The third-order valence-corrected chi connectivity index (χ3v) is 4.07. The zero-order valence-electron chi connectivity index (χ0n) is 14.8. The van der Waals surface area contributed by atoms with E-state index in [4.69, 9.17) is 0 Å². The van der Waals surface area contributed by atoms with E-state index in [0.29, 0.717) is 0 Å². The van der Waals surface area contributed by atoms with Gasteiger partial charge < -0.3 is 5.32 Å². The predicted molar refractivity (Wildman–Crippen MR) is 105 cm³/mol. The summed E-state index contributed by atoms with van der Waals surface area (Å²) in [5.41, 5.74) is 4.09. The molecule has 0 aliphatic heterocycles. The molecule has 0 aliphatic carbocycles. The van der Waals surface area contributed by atoms with E-state index in [-0.39, 0.29) is 11.3 Å². The number of anilines is 1. The van der Waals surface area contributed by atoms with Crippen molar-refractivity contribution in [1.29, 1.82) is 0 Å². The summed E-state index contributed by atoms with van der Waals surface area (Å²) in [6, 6.07) is 17.8. The van der Waals surface area contributed by atoms with Crippen LogP contribution in [0.5, 0.6) is 0 Å². The first-order chi connectivity index (χ1) is 11.9. The average molecular weight is 330 g/mol. The van der Waals surface area contributed by atoms with E-state index in [1.807, 2.05) is 48.5 Å². The van der Waals surface area contributed by atoms with Gasteiger partial charge in [0.2, 0.25) is 5.91 Å². The van der Waals surface area contributed by atoms with Gasteiger partial charge >= 0.3 is 0 Å². The van der Waals surface area contributed by atoms with Crippen LogP contribution in [0.3, 0.4) is 0 Å². The minimum Gasteiger partial charge on any atom is -0.322 e. The Morgan fingerprint density at radius 1 is 1.04 bits per heavy atom. The lowest BCUT2D eigenvalue weighted by Crippen LogP contribution is -2.10. The summed E-state index contributed by atoms with van der Waals surface area (Å²) in [6.45, 7) is 6.55. The number of benzene rings is 2. The zero-order valence-corrected chi connectivity index (χ0v) is 14.8. The molecule has 0 fully saturated rings. The molecule has 25 heavy (non-hydrogen) atoms. The highest BCUT2D eigenvalue weighted by atomic mass is 16.1. The molecular formula is C22H22N2O. The maximum atomic E-state index is 12.1. The van der Waals surface area contributed by atoms with Gasteiger partial charge in [0, 0.05) is 23.3 Å². The Bertz CT molecular complexity index is 919. The van der Waals surface area contributed by atoms with Crippen molar-refractivity contribution in [3.05, 3.63) is 78.0 Å². The summed E-state index contributed by atoms with van der Waals surface area (Å²) in [4.78, 5) is 16.4. The van der Waals surface area contributed by atoms with Gasteiger partial charge in [-0.15, -0.1) is 0 Å². The topological polar surface area (TPSA) is 42.0 Å². The summed E-state index contributed by atoms with van der Waals surface area (Å²) in [5.74, 6) is -0.150. The van der Waals surface area contributed by atoms with Gasteiger partial charge in [-0.25, -0.2) is 0 Å². The first-order valence-electron chi connectivity index (χ1n) is 8.36. The molecule has 0 atom stereocenters. The van der Waals surface area contributed by atoms with Crippen molar-refractivity contribution in [3.63, 3.8) is 0 Å². The highest BCUT2D eigenvalue weighted by Crippen LogP contribution is 2.22. The van der Waals surface area contributed by atoms with Crippen molar-refractivity contribution < 1.29 is 4.79 Å². The van der Waals surface area contributed by atoms with Crippen molar-refractivity contribution in [3.8, 4) is 0 Å². The van der Waals surface area contributed by atoms with E-state index in [2.05, 4.69) is 43.2 Å². The number of carbonyl (C=O) groups is 1. The standard InChI is InChI=1S/C22H22N2O/c1-22(2,3)18-9-6-16(7-10-18)8-13-21(25)24-19-11-12-20-17(15-19)5-4-14-23-20/h4-15H,1-3H3,(H,24,25). The second kappa shape index (κ2) is 6.89. The Hall–Kier alpha value is -2.94. The van der Waals surface area contributed by atoms with E-state index in [9.17, 15) is 4.79 Å². The molecule has 2 aromatic carbocycles. The second-order valence-electron chi connectivity index (χ2n) is 7.11. The molecule has 0 unspecified atom stereocenters. The predicted octanol–water partition coefficient (Wildman–Crippen LogP) is 5.18. The summed E-state index contributed by atoms with van der Waals surface area (Å²) in [5, 5.41) is 3.89. The number of pyridine rings is 1. The Morgan fingerprint density at radius 3 is 2.52 bits per heavy atom. The minimum absolute atomic E-state index is 0.130. The third kappa shape index (κ3) is 4.32. The molecular weight excluding hydrogens is 308 g/mol. The Balaban J connectivity index is 1.67. The molecule has 3 nitrogen and oxygen atoms in total. The summed E-state index contributed by atoms with van der Waals surface area (Å²) in [7, 11) is 0. The van der Waals surface area contributed by atoms with E-state index in [1.165, 1.54) is 5.56 Å². The Labute approximate surface area is 148 Å². The molecule has 0 saturated heterocycles. The lowest BCUT2D eigenvalue weighted by atomic mass is 9.87. The quantitative estimate of drug-likeness (QED) is 0.672. The average Bonchev–Trinajstić information content (AvgIpc) is 2.59. The van der Waals surface area contributed by atoms with Crippen LogP contribution in [0.15, 0.2) is 66.9 Å². The van der Waals surface area contributed by atoms with E-state index in [0.717, 1.165) is 22.2 Å². The van der Waals surface area contributed by atoms with E-state index < -0.39 is 0 Å². The number of rotatable bonds is 3. The summed E-state index contributed by atoms with van der Waals surface area (Å²) < 4.78 is 0. The van der Waals surface area contributed by atoms with E-state index >= 15 is 0 Å². The maximum Gasteiger partial charge on any atom is 0.248 e. The number of fused-ring (bicyclic) bond motifs is 1. The fourth-order valence-corrected chi connectivity index (χ4v) is 2.60. The van der Waals surface area contributed by atoms with Gasteiger partial charge in [0.1, 0.15) is 0 Å². The van der Waals surface area contributed by atoms with Gasteiger partial charge in [0.25, 0.3) is 0 Å². The molecule has 0 bridgehead atoms. The number of carbonyl (C=O) groups excluding carboxylic acids is 1. The first-order valence-corrected chi connectivity index (χ1v) is 8.36. The van der Waals surface area contributed by atoms with Crippen LogP contribution >= 0.6 is 0 Å². The zero-order chi connectivity index (χ0) is 17.9. The molecule has 1 heterocycles. The van der Waals surface area contributed by atoms with Gasteiger partial charge in [-0.3, -0.25) is 9.78 Å². The van der Waals surface area contributed by atoms with Crippen molar-refractivity contribution in [2.24, 2.45) is 0 Å². The molecule has 0 radical (unpaired) electrons. The Kier molecular flexibility index (Phi) is 4.66. The summed E-state index contributed by atoms with van der Waals surface area (Å²) >= 11 is 0. The second-order valence-corrected chi connectivity index (χ2v) is 7.11. The molecule has 1 amide bonds. The lowest BCUT2D eigenvalue weighted by Gasteiger charge is -2.18. The van der Waals surface area contributed by atoms with Crippen LogP contribution in [0.2, 0.25) is 0 Å². The first kappa shape index (κ1) is 16.9. The number of nitrogens with zero attached hydrogens (tertiary/aromatic N) is 1. The van der Waals surface area contributed by atoms with Crippen LogP contribution in [0.25, 0.3) is 17.0 Å². The highest BCUT2D eigenvalue weighted by molar-refractivity contribution is 6.02. The van der Waals surface area contributed by atoms with Crippen LogP contribution in [0.4, 0.5) is 5.69 Å². The molecule has 3 rings (SSSR count). The largest absolute Gasteiger partial charge is 0.322 e. The maximum absolute atomic E-state index is 12.1. The smallest absolute Gasteiger partial charge is 0.248 e. The van der Waals surface area contributed by atoms with Gasteiger partial charge in [-0.2, -0.15) is 0 Å². The van der Waals surface area contributed by atoms with Crippen LogP contribution in [-0.2, 0) is 10.2 Å². The van der Waals surface area contributed by atoms with Gasteiger partial charge in [-0.1, -0.05) is 51.1 Å². The number of aromatic nitrogens is 1. The van der Waals surface area contributed by atoms with Crippen LogP contribution in [0, 0.1) is 0 Å². The number of nitrogens with one attached hydrogen (secondary N) is 1. The highest BCUT2D eigenvalue weighted by Gasteiger charge is 2.12. The fourth-order valence-electron chi connectivity index (χ4n) is 2.60. The van der Waals surface area contributed by atoms with Gasteiger partial charge in [-0.05, 0) is 46.9 Å². The van der Waals surface area contributed by atoms with Crippen LogP contribution < -0.4 is 5.32 Å². The van der Waals surface area contributed by atoms with Crippen molar-refractivity contribution in [2.45, 2.75) is 26.2 Å². The number of amides is 1. The van der Waals surface area contributed by atoms with Crippen molar-refractivity contribution in [1.82, 2.24) is 4.98 Å². The minimum atomic E-state index is -0.150. The SMILES string of the molecule is CC(C)(C)c1ccc(C=CC(=O)Nc2ccc3ncccc3c2)cc1. The van der Waals surface area contributed by atoms with Gasteiger partial charge in [0.05, 0.1) is 5.52 Å². The Morgan fingerprint density at radius 2 is 1.80 bits per heavy atom. The van der Waals surface area contributed by atoms with Crippen LogP contribution in [0.1, 0.15) is 31.9 Å². The normalized spacial score (nSPS) is 11.8. The third-order valence-electron chi connectivity index (χ3n) is 4.07. The lowest BCUT2D eigenvalue weighted by molar-refractivity contribution is -0.111.